The summed E-state index contributed by atoms with van der Waals surface area (Å²) < 4.78 is 27.7. The SMILES string of the molecule is O=C1NCCN(Cc2cccc(F)c2F)C1CC(=O)N1CCC(Cc2ccccc2)CC1. The van der Waals surface area contributed by atoms with Crippen molar-refractivity contribution in [3.8, 4) is 0 Å². The van der Waals surface area contributed by atoms with Crippen LogP contribution in [0.3, 0.4) is 0 Å². The van der Waals surface area contributed by atoms with Crippen molar-refractivity contribution in [1.82, 2.24) is 15.1 Å². The van der Waals surface area contributed by atoms with Crippen molar-refractivity contribution in [1.29, 1.82) is 0 Å². The number of piperazine rings is 1. The van der Waals surface area contributed by atoms with E-state index in [-0.39, 0.29) is 30.3 Å². The number of carbonyl (C=O) groups excluding carboxylic acids is 2. The van der Waals surface area contributed by atoms with E-state index in [1.165, 1.54) is 17.7 Å². The van der Waals surface area contributed by atoms with Crippen LogP contribution < -0.4 is 5.32 Å². The number of amides is 2. The predicted molar refractivity (Wildman–Crippen MR) is 118 cm³/mol. The Bertz CT molecular complexity index is 945. The lowest BCUT2D eigenvalue weighted by Gasteiger charge is -2.37. The third-order valence-corrected chi connectivity index (χ3v) is 6.55. The fourth-order valence-corrected chi connectivity index (χ4v) is 4.69. The summed E-state index contributed by atoms with van der Waals surface area (Å²) in [5.41, 5.74) is 1.51. The number of carbonyl (C=O) groups is 2. The second-order valence-corrected chi connectivity index (χ2v) is 8.71. The molecule has 0 radical (unpaired) electrons. The van der Waals surface area contributed by atoms with Crippen molar-refractivity contribution in [2.75, 3.05) is 26.2 Å². The van der Waals surface area contributed by atoms with Gasteiger partial charge in [-0.15, -0.1) is 0 Å². The molecule has 0 saturated carbocycles. The standard InChI is InChI=1S/C25H29F2N3O2/c26-21-8-4-7-20(24(21)27)17-30-14-11-28-25(32)22(30)16-23(31)29-12-9-19(10-13-29)15-18-5-2-1-3-6-18/h1-8,19,22H,9-17H2,(H,28,32). The summed E-state index contributed by atoms with van der Waals surface area (Å²) in [5, 5.41) is 2.80. The lowest BCUT2D eigenvalue weighted by atomic mass is 9.90. The van der Waals surface area contributed by atoms with Crippen LogP contribution in [0, 0.1) is 17.6 Å². The molecule has 170 valence electrons. The smallest absolute Gasteiger partial charge is 0.237 e. The zero-order valence-electron chi connectivity index (χ0n) is 18.1. The molecule has 1 N–H and O–H groups in total. The van der Waals surface area contributed by atoms with Crippen molar-refractivity contribution < 1.29 is 18.4 Å². The molecular weight excluding hydrogens is 412 g/mol. The Labute approximate surface area is 187 Å². The van der Waals surface area contributed by atoms with Crippen LogP contribution in [-0.4, -0.2) is 53.8 Å². The zero-order chi connectivity index (χ0) is 22.5. The largest absolute Gasteiger partial charge is 0.353 e. The zero-order valence-corrected chi connectivity index (χ0v) is 18.1. The van der Waals surface area contributed by atoms with Crippen LogP contribution in [0.15, 0.2) is 48.5 Å². The van der Waals surface area contributed by atoms with Gasteiger partial charge in [0.25, 0.3) is 0 Å². The molecule has 2 saturated heterocycles. The molecule has 2 aliphatic rings. The second-order valence-electron chi connectivity index (χ2n) is 8.71. The van der Waals surface area contributed by atoms with E-state index in [2.05, 4.69) is 17.4 Å². The number of nitrogens with zero attached hydrogens (tertiary/aromatic N) is 2. The van der Waals surface area contributed by atoms with Crippen LogP contribution >= 0.6 is 0 Å². The van der Waals surface area contributed by atoms with Crippen molar-refractivity contribution in [2.24, 2.45) is 5.92 Å². The molecule has 2 aliphatic heterocycles. The molecule has 0 bridgehead atoms. The number of benzene rings is 2. The van der Waals surface area contributed by atoms with Crippen LogP contribution in [0.25, 0.3) is 0 Å². The molecule has 2 heterocycles. The number of likely N-dealkylation sites (tertiary alicyclic amines) is 1. The molecule has 32 heavy (non-hydrogen) atoms. The highest BCUT2D eigenvalue weighted by Gasteiger charge is 2.34. The highest BCUT2D eigenvalue weighted by molar-refractivity contribution is 5.88. The van der Waals surface area contributed by atoms with Gasteiger partial charge in [0.05, 0.1) is 12.5 Å². The molecule has 7 heteroatoms. The molecule has 5 nitrogen and oxygen atoms in total. The Balaban J connectivity index is 1.34. The number of halogens is 2. The second kappa shape index (κ2) is 10.2. The maximum Gasteiger partial charge on any atom is 0.237 e. The first-order valence-corrected chi connectivity index (χ1v) is 11.3. The molecule has 0 spiro atoms. The van der Waals surface area contributed by atoms with Gasteiger partial charge < -0.3 is 10.2 Å². The summed E-state index contributed by atoms with van der Waals surface area (Å²) in [6.45, 7) is 2.37. The Morgan fingerprint density at radius 2 is 1.75 bits per heavy atom. The predicted octanol–water partition coefficient (Wildman–Crippen LogP) is 3.14. The van der Waals surface area contributed by atoms with Gasteiger partial charge >= 0.3 is 0 Å². The van der Waals surface area contributed by atoms with Crippen LogP contribution in [-0.2, 0) is 22.6 Å². The quantitative estimate of drug-likeness (QED) is 0.750. The molecule has 2 fully saturated rings. The fourth-order valence-electron chi connectivity index (χ4n) is 4.69. The van der Waals surface area contributed by atoms with E-state index in [0.29, 0.717) is 32.1 Å². The van der Waals surface area contributed by atoms with Gasteiger partial charge in [0.1, 0.15) is 0 Å². The van der Waals surface area contributed by atoms with Gasteiger partial charge in [0.2, 0.25) is 11.8 Å². The van der Waals surface area contributed by atoms with E-state index >= 15 is 0 Å². The third kappa shape index (κ3) is 5.33. The number of hydrogen-bond acceptors (Lipinski definition) is 3. The Morgan fingerprint density at radius 3 is 2.50 bits per heavy atom. The summed E-state index contributed by atoms with van der Waals surface area (Å²) in [7, 11) is 0. The average molecular weight is 442 g/mol. The van der Waals surface area contributed by atoms with Crippen molar-refractivity contribution in [3.63, 3.8) is 0 Å². The number of piperidine rings is 1. The summed E-state index contributed by atoms with van der Waals surface area (Å²) in [6, 6.07) is 13.7. The van der Waals surface area contributed by atoms with Gasteiger partial charge in [-0.05, 0) is 36.8 Å². The van der Waals surface area contributed by atoms with E-state index in [1.54, 1.807) is 4.90 Å². The van der Waals surface area contributed by atoms with Crippen LogP contribution in [0.5, 0.6) is 0 Å². The molecule has 2 aromatic rings. The molecule has 1 unspecified atom stereocenters. The summed E-state index contributed by atoms with van der Waals surface area (Å²) in [6.07, 6.45) is 2.94. The number of rotatable bonds is 6. The van der Waals surface area contributed by atoms with Gasteiger partial charge in [0.15, 0.2) is 11.6 Å². The lowest BCUT2D eigenvalue weighted by molar-refractivity contribution is -0.140. The minimum absolute atomic E-state index is 0.0477. The Kier molecular flexibility index (Phi) is 7.15. The highest BCUT2D eigenvalue weighted by atomic mass is 19.2. The maximum absolute atomic E-state index is 14.1. The van der Waals surface area contributed by atoms with Crippen LogP contribution in [0.1, 0.15) is 30.4 Å². The molecule has 0 aromatic heterocycles. The van der Waals surface area contributed by atoms with E-state index in [1.807, 2.05) is 23.1 Å². The Morgan fingerprint density at radius 1 is 1.00 bits per heavy atom. The summed E-state index contributed by atoms with van der Waals surface area (Å²) in [4.78, 5) is 29.1. The first kappa shape index (κ1) is 22.4. The van der Waals surface area contributed by atoms with Gasteiger partial charge in [-0.1, -0.05) is 42.5 Å². The molecule has 4 rings (SSSR count). The molecular formula is C25H29F2N3O2. The minimum Gasteiger partial charge on any atom is -0.353 e. The lowest BCUT2D eigenvalue weighted by Crippen LogP contribution is -2.56. The van der Waals surface area contributed by atoms with E-state index in [4.69, 9.17) is 0 Å². The highest BCUT2D eigenvalue weighted by Crippen LogP contribution is 2.24. The monoisotopic (exact) mass is 441 g/mol. The minimum atomic E-state index is -0.907. The fraction of sp³-hybridized carbons (Fsp3) is 0.440. The number of hydrogen-bond donors (Lipinski definition) is 1. The molecule has 2 amide bonds. The first-order valence-electron chi connectivity index (χ1n) is 11.3. The van der Waals surface area contributed by atoms with Gasteiger partial charge in [-0.3, -0.25) is 14.5 Å². The normalized spacial score (nSPS) is 20.2. The molecule has 0 aliphatic carbocycles. The number of nitrogens with one attached hydrogen (secondary N) is 1. The maximum atomic E-state index is 14.1. The first-order chi connectivity index (χ1) is 15.5. The van der Waals surface area contributed by atoms with Crippen molar-refractivity contribution in [3.05, 3.63) is 71.3 Å². The van der Waals surface area contributed by atoms with Crippen LogP contribution in [0.2, 0.25) is 0 Å². The van der Waals surface area contributed by atoms with E-state index < -0.39 is 17.7 Å². The van der Waals surface area contributed by atoms with Gasteiger partial charge in [-0.25, -0.2) is 8.78 Å². The van der Waals surface area contributed by atoms with Crippen molar-refractivity contribution >= 4 is 11.8 Å². The topological polar surface area (TPSA) is 52.7 Å². The molecule has 1 atom stereocenters. The van der Waals surface area contributed by atoms with E-state index in [9.17, 15) is 18.4 Å². The Hall–Kier alpha value is -2.80. The molecule has 2 aromatic carbocycles. The summed E-state index contributed by atoms with van der Waals surface area (Å²) in [5.74, 6) is -1.55. The van der Waals surface area contributed by atoms with Crippen LogP contribution in [0.4, 0.5) is 8.78 Å². The van der Waals surface area contributed by atoms with Gasteiger partial charge in [0, 0.05) is 38.3 Å². The van der Waals surface area contributed by atoms with E-state index in [0.717, 1.165) is 25.3 Å². The summed E-state index contributed by atoms with van der Waals surface area (Å²) >= 11 is 0. The third-order valence-electron chi connectivity index (χ3n) is 6.55. The van der Waals surface area contributed by atoms with Gasteiger partial charge in [-0.2, -0.15) is 0 Å². The van der Waals surface area contributed by atoms with Crippen molar-refractivity contribution in [2.45, 2.75) is 38.3 Å². The average Bonchev–Trinajstić information content (AvgIpc) is 2.80.